The van der Waals surface area contributed by atoms with Crippen LogP contribution in [0.4, 0.5) is 0 Å². The zero-order valence-corrected chi connectivity index (χ0v) is 23.2. The lowest BCUT2D eigenvalue weighted by molar-refractivity contribution is -0.143. The molecule has 0 bridgehead atoms. The molecular weight excluding hydrogens is 540 g/mol. The summed E-state index contributed by atoms with van der Waals surface area (Å²) in [6.07, 6.45) is 1.19. The highest BCUT2D eigenvalue weighted by atomic mass is 79.9. The van der Waals surface area contributed by atoms with E-state index in [1.165, 1.54) is 0 Å². The van der Waals surface area contributed by atoms with Crippen molar-refractivity contribution in [3.63, 3.8) is 0 Å². The summed E-state index contributed by atoms with van der Waals surface area (Å²) < 4.78 is 6.50. The Morgan fingerprint density at radius 1 is 1.03 bits per heavy atom. The first-order valence-corrected chi connectivity index (χ1v) is 13.2. The number of rotatable bonds is 11. The molecule has 3 aromatic carbocycles. The Morgan fingerprint density at radius 2 is 1.72 bits per heavy atom. The molecule has 3 aromatic rings. The average Bonchev–Trinajstić information content (AvgIpc) is 2.87. The fourth-order valence-electron chi connectivity index (χ4n) is 3.70. The Morgan fingerprint density at radius 3 is 2.36 bits per heavy atom. The molecule has 0 aliphatic carbocycles. The Kier molecular flexibility index (Phi) is 10.4. The lowest BCUT2D eigenvalue weighted by Crippen LogP contribution is -2.53. The van der Waals surface area contributed by atoms with Crippen LogP contribution < -0.4 is 10.1 Å². The molecule has 0 spiro atoms. The number of ether oxygens (including phenoxy) is 1. The number of carbonyl (C=O) groups excluding carboxylic acids is 2. The second-order valence-electron chi connectivity index (χ2n) is 8.89. The molecule has 5 nitrogen and oxygen atoms in total. The Bertz CT molecular complexity index is 1150. The molecular formula is C29H32BrClN2O3. The van der Waals surface area contributed by atoms with Crippen molar-refractivity contribution in [1.82, 2.24) is 10.2 Å². The minimum Gasteiger partial charge on any atom is -0.483 e. The molecule has 7 heteroatoms. The van der Waals surface area contributed by atoms with E-state index in [0.717, 1.165) is 23.1 Å². The number of carbonyl (C=O) groups is 2. The van der Waals surface area contributed by atoms with Gasteiger partial charge in [0, 0.05) is 24.0 Å². The van der Waals surface area contributed by atoms with Gasteiger partial charge in [0.15, 0.2) is 6.61 Å². The third-order valence-electron chi connectivity index (χ3n) is 5.99. The lowest BCUT2D eigenvalue weighted by Gasteiger charge is -2.32. The number of hydrogen-bond donors (Lipinski definition) is 1. The number of nitrogens with one attached hydrogen (secondary N) is 1. The first-order chi connectivity index (χ1) is 17.3. The van der Waals surface area contributed by atoms with Crippen molar-refractivity contribution in [3.05, 3.63) is 99.0 Å². The number of halogens is 2. The molecule has 0 heterocycles. The van der Waals surface area contributed by atoms with Crippen molar-refractivity contribution >= 4 is 39.3 Å². The van der Waals surface area contributed by atoms with Gasteiger partial charge in [0.2, 0.25) is 5.91 Å². The number of nitrogens with zero attached hydrogens (tertiary/aromatic N) is 1. The second kappa shape index (κ2) is 13.5. The SMILES string of the molecule is CC[C@@H](C)NC(=O)[C@@H](Cc1ccccc1)N(Cc1ccc(C)cc1)C(=O)COc1ccc(Cl)cc1Br. The van der Waals surface area contributed by atoms with E-state index in [1.807, 2.05) is 75.4 Å². The van der Waals surface area contributed by atoms with Gasteiger partial charge in [-0.15, -0.1) is 0 Å². The summed E-state index contributed by atoms with van der Waals surface area (Å²) in [5, 5.41) is 3.63. The van der Waals surface area contributed by atoms with Crippen molar-refractivity contribution in [1.29, 1.82) is 0 Å². The van der Waals surface area contributed by atoms with Gasteiger partial charge in [-0.3, -0.25) is 9.59 Å². The van der Waals surface area contributed by atoms with Crippen molar-refractivity contribution in [2.24, 2.45) is 0 Å². The molecule has 0 saturated heterocycles. The molecule has 0 saturated carbocycles. The number of hydrogen-bond acceptors (Lipinski definition) is 3. The average molecular weight is 572 g/mol. The third-order valence-corrected chi connectivity index (χ3v) is 6.85. The normalized spacial score (nSPS) is 12.5. The topological polar surface area (TPSA) is 58.6 Å². The van der Waals surface area contributed by atoms with Crippen LogP contribution in [0.15, 0.2) is 77.3 Å². The van der Waals surface area contributed by atoms with Gasteiger partial charge in [-0.05, 0) is 65.5 Å². The molecule has 3 rings (SSSR count). The molecule has 0 radical (unpaired) electrons. The summed E-state index contributed by atoms with van der Waals surface area (Å²) >= 11 is 9.46. The van der Waals surface area contributed by atoms with E-state index in [-0.39, 0.29) is 31.0 Å². The van der Waals surface area contributed by atoms with Gasteiger partial charge in [-0.25, -0.2) is 0 Å². The molecule has 36 heavy (non-hydrogen) atoms. The molecule has 1 N–H and O–H groups in total. The molecule has 0 aliphatic rings. The fraction of sp³-hybridized carbons (Fsp3) is 0.310. The number of benzene rings is 3. The van der Waals surface area contributed by atoms with Crippen molar-refractivity contribution in [2.45, 2.75) is 52.2 Å². The van der Waals surface area contributed by atoms with Gasteiger partial charge in [-0.2, -0.15) is 0 Å². The summed E-state index contributed by atoms with van der Waals surface area (Å²) in [6.45, 7) is 6.07. The van der Waals surface area contributed by atoms with Crippen LogP contribution in [0.25, 0.3) is 0 Å². The second-order valence-corrected chi connectivity index (χ2v) is 10.2. The third kappa shape index (κ3) is 8.10. The standard InChI is InChI=1S/C29H32BrClN2O3/c1-4-21(3)32-29(35)26(16-22-8-6-5-7-9-22)33(18-23-12-10-20(2)11-13-23)28(34)19-36-27-15-14-24(31)17-25(27)30/h5-15,17,21,26H,4,16,18-19H2,1-3H3,(H,32,35)/t21-,26-/m1/s1. The van der Waals surface area contributed by atoms with E-state index in [4.69, 9.17) is 16.3 Å². The van der Waals surface area contributed by atoms with E-state index in [2.05, 4.69) is 21.2 Å². The lowest BCUT2D eigenvalue weighted by atomic mass is 10.0. The highest BCUT2D eigenvalue weighted by Crippen LogP contribution is 2.28. The maximum atomic E-state index is 13.6. The maximum absolute atomic E-state index is 13.6. The van der Waals surface area contributed by atoms with E-state index >= 15 is 0 Å². The van der Waals surface area contributed by atoms with Crippen LogP contribution in [0.5, 0.6) is 5.75 Å². The Hall–Kier alpha value is -2.83. The van der Waals surface area contributed by atoms with Crippen LogP contribution in [0.2, 0.25) is 5.02 Å². The number of aryl methyl sites for hydroxylation is 1. The van der Waals surface area contributed by atoms with Gasteiger partial charge in [-0.1, -0.05) is 78.7 Å². The summed E-state index contributed by atoms with van der Waals surface area (Å²) in [7, 11) is 0. The highest BCUT2D eigenvalue weighted by molar-refractivity contribution is 9.10. The molecule has 190 valence electrons. The van der Waals surface area contributed by atoms with E-state index in [0.29, 0.717) is 21.7 Å². The van der Waals surface area contributed by atoms with E-state index in [9.17, 15) is 9.59 Å². The van der Waals surface area contributed by atoms with Crippen LogP contribution in [0, 0.1) is 6.92 Å². The first kappa shape index (κ1) is 27.8. The molecule has 2 amide bonds. The van der Waals surface area contributed by atoms with Crippen LogP contribution in [-0.2, 0) is 22.6 Å². The van der Waals surface area contributed by atoms with Crippen molar-refractivity contribution in [2.75, 3.05) is 6.61 Å². The fourth-order valence-corrected chi connectivity index (χ4v) is 4.50. The van der Waals surface area contributed by atoms with Gasteiger partial charge < -0.3 is 15.0 Å². The van der Waals surface area contributed by atoms with Crippen LogP contribution in [-0.4, -0.2) is 35.4 Å². The van der Waals surface area contributed by atoms with Crippen molar-refractivity contribution in [3.8, 4) is 5.75 Å². The minimum atomic E-state index is -0.701. The molecule has 0 unspecified atom stereocenters. The quantitative estimate of drug-likeness (QED) is 0.292. The van der Waals surface area contributed by atoms with Gasteiger partial charge in [0.25, 0.3) is 5.91 Å². The molecule has 0 aliphatic heterocycles. The predicted molar refractivity (Wildman–Crippen MR) is 148 cm³/mol. The number of amides is 2. The van der Waals surface area contributed by atoms with Gasteiger partial charge in [0.1, 0.15) is 11.8 Å². The predicted octanol–water partition coefficient (Wildman–Crippen LogP) is 6.34. The molecule has 0 fully saturated rings. The molecule has 0 aromatic heterocycles. The largest absolute Gasteiger partial charge is 0.483 e. The van der Waals surface area contributed by atoms with Crippen LogP contribution in [0.3, 0.4) is 0 Å². The van der Waals surface area contributed by atoms with E-state index < -0.39 is 6.04 Å². The van der Waals surface area contributed by atoms with Crippen LogP contribution in [0.1, 0.15) is 37.0 Å². The van der Waals surface area contributed by atoms with Crippen LogP contribution >= 0.6 is 27.5 Å². The van der Waals surface area contributed by atoms with Gasteiger partial charge in [0.05, 0.1) is 4.47 Å². The summed E-state index contributed by atoms with van der Waals surface area (Å²) in [5.74, 6) is 0.0469. The summed E-state index contributed by atoms with van der Waals surface area (Å²) in [4.78, 5) is 28.8. The minimum absolute atomic E-state index is 0.00614. The zero-order valence-electron chi connectivity index (χ0n) is 20.8. The molecule has 2 atom stereocenters. The summed E-state index contributed by atoms with van der Waals surface area (Å²) in [6, 6.07) is 22.1. The highest BCUT2D eigenvalue weighted by Gasteiger charge is 2.31. The Balaban J connectivity index is 1.91. The van der Waals surface area contributed by atoms with E-state index in [1.54, 1.807) is 23.1 Å². The zero-order chi connectivity index (χ0) is 26.1. The smallest absolute Gasteiger partial charge is 0.261 e. The Labute approximate surface area is 226 Å². The first-order valence-electron chi connectivity index (χ1n) is 12.0. The van der Waals surface area contributed by atoms with Crippen molar-refractivity contribution < 1.29 is 14.3 Å². The summed E-state index contributed by atoms with van der Waals surface area (Å²) in [5.41, 5.74) is 3.05. The monoisotopic (exact) mass is 570 g/mol. The van der Waals surface area contributed by atoms with Gasteiger partial charge >= 0.3 is 0 Å². The maximum Gasteiger partial charge on any atom is 0.261 e.